The van der Waals surface area contributed by atoms with Gasteiger partial charge in [-0.2, -0.15) is 5.26 Å². The van der Waals surface area contributed by atoms with Crippen LogP contribution in [0.2, 0.25) is 5.02 Å². The van der Waals surface area contributed by atoms with E-state index < -0.39 is 10.7 Å². The molecule has 6 nitrogen and oxygen atoms in total. The minimum atomic E-state index is -0.631. The average molecular weight is 317 g/mol. The molecule has 2 aromatic rings. The molecule has 7 heteroatoms. The smallest absolute Gasteiger partial charge is 0.288 e. The number of rotatable bonds is 4. The number of carbonyl (C=O) groups excluding carboxylic acids is 1. The number of furan rings is 1. The number of aryl methyl sites for hydroxylation is 1. The number of Topliss-reactive ketones (excluding diaryl/α,β-unsaturated/α-hetero) is 1. The molecule has 0 saturated carbocycles. The second-order valence-corrected chi connectivity index (χ2v) is 4.76. The number of nitrogens with zero attached hydrogens (tertiary/aromatic N) is 2. The molecule has 1 aromatic heterocycles. The van der Waals surface area contributed by atoms with Crippen LogP contribution in [0.15, 0.2) is 40.5 Å². The van der Waals surface area contributed by atoms with Crippen LogP contribution in [0.4, 0.5) is 5.69 Å². The van der Waals surface area contributed by atoms with Gasteiger partial charge in [0.05, 0.1) is 16.7 Å². The Morgan fingerprint density at radius 3 is 2.73 bits per heavy atom. The quantitative estimate of drug-likeness (QED) is 0.280. The van der Waals surface area contributed by atoms with Gasteiger partial charge in [0.2, 0.25) is 5.78 Å². The topological polar surface area (TPSA) is 97.1 Å². The SMILES string of the molecule is Cc1occc1C(=O)/C(C#N)=C/c1ccc(Cl)c([N+](=O)[O-])c1. The minimum absolute atomic E-state index is 0.0161. The molecule has 1 aromatic carbocycles. The van der Waals surface area contributed by atoms with Crippen LogP contribution in [0.3, 0.4) is 0 Å². The minimum Gasteiger partial charge on any atom is -0.469 e. The number of hydrogen-bond donors (Lipinski definition) is 0. The van der Waals surface area contributed by atoms with Gasteiger partial charge in [0, 0.05) is 6.07 Å². The number of halogens is 1. The fraction of sp³-hybridized carbons (Fsp3) is 0.0667. The van der Waals surface area contributed by atoms with E-state index in [1.54, 1.807) is 13.0 Å². The summed E-state index contributed by atoms with van der Waals surface area (Å²) in [5, 5.41) is 20.0. The summed E-state index contributed by atoms with van der Waals surface area (Å²) < 4.78 is 5.03. The Hall–Kier alpha value is -2.91. The summed E-state index contributed by atoms with van der Waals surface area (Å²) in [5.41, 5.74) is 0.166. The average Bonchev–Trinajstić information content (AvgIpc) is 2.91. The highest BCUT2D eigenvalue weighted by molar-refractivity contribution is 6.32. The van der Waals surface area contributed by atoms with Crippen molar-refractivity contribution in [1.29, 1.82) is 5.26 Å². The summed E-state index contributed by atoms with van der Waals surface area (Å²) in [4.78, 5) is 22.5. The van der Waals surface area contributed by atoms with E-state index in [1.807, 2.05) is 0 Å². The molecule has 2 rings (SSSR count). The number of nitro groups is 1. The molecular formula is C15H9ClN2O4. The molecule has 22 heavy (non-hydrogen) atoms. The Bertz CT molecular complexity index is 830. The largest absolute Gasteiger partial charge is 0.469 e. The highest BCUT2D eigenvalue weighted by atomic mass is 35.5. The molecule has 0 aliphatic rings. The van der Waals surface area contributed by atoms with Gasteiger partial charge in [-0.25, -0.2) is 0 Å². The number of nitro benzene ring substituents is 1. The monoisotopic (exact) mass is 316 g/mol. The Labute approximate surface area is 130 Å². The first kappa shape index (κ1) is 15.5. The normalized spacial score (nSPS) is 11.0. The summed E-state index contributed by atoms with van der Waals surface area (Å²) in [5.74, 6) is -0.111. The van der Waals surface area contributed by atoms with Gasteiger partial charge in [-0.1, -0.05) is 17.7 Å². The van der Waals surface area contributed by atoms with Gasteiger partial charge in [0.15, 0.2) is 0 Å². The third kappa shape index (κ3) is 3.05. The first-order valence-electron chi connectivity index (χ1n) is 6.08. The molecule has 110 valence electrons. The molecule has 0 spiro atoms. The maximum atomic E-state index is 12.2. The molecule has 0 atom stereocenters. The number of allylic oxidation sites excluding steroid dienone is 1. The van der Waals surface area contributed by atoms with E-state index in [4.69, 9.17) is 21.3 Å². The molecule has 0 aliphatic heterocycles. The number of hydrogen-bond acceptors (Lipinski definition) is 5. The fourth-order valence-corrected chi connectivity index (χ4v) is 2.03. The summed E-state index contributed by atoms with van der Waals surface area (Å²) in [6.07, 6.45) is 2.63. The molecule has 0 saturated heterocycles. The second-order valence-electron chi connectivity index (χ2n) is 4.36. The first-order valence-corrected chi connectivity index (χ1v) is 6.46. The molecule has 1 heterocycles. The first-order chi connectivity index (χ1) is 10.4. The van der Waals surface area contributed by atoms with Gasteiger partial charge < -0.3 is 4.42 Å². The van der Waals surface area contributed by atoms with Gasteiger partial charge in [0.25, 0.3) is 5.69 Å². The third-order valence-electron chi connectivity index (χ3n) is 2.95. The number of ketones is 1. The highest BCUT2D eigenvalue weighted by Gasteiger charge is 2.18. The maximum absolute atomic E-state index is 12.2. The Morgan fingerprint density at radius 2 is 2.18 bits per heavy atom. The van der Waals surface area contributed by atoms with Crippen LogP contribution in [-0.4, -0.2) is 10.7 Å². The lowest BCUT2D eigenvalue weighted by atomic mass is 10.0. The fourth-order valence-electron chi connectivity index (χ4n) is 1.84. The van der Waals surface area contributed by atoms with Crippen molar-refractivity contribution in [2.75, 3.05) is 0 Å². The number of nitriles is 1. The maximum Gasteiger partial charge on any atom is 0.288 e. The predicted molar refractivity (Wildman–Crippen MR) is 79.5 cm³/mol. The van der Waals surface area contributed by atoms with E-state index in [9.17, 15) is 14.9 Å². The molecular weight excluding hydrogens is 308 g/mol. The van der Waals surface area contributed by atoms with Gasteiger partial charge in [0.1, 0.15) is 22.4 Å². The van der Waals surface area contributed by atoms with Gasteiger partial charge in [-0.3, -0.25) is 14.9 Å². The molecule has 0 fully saturated rings. The molecule has 0 N–H and O–H groups in total. The van der Waals surface area contributed by atoms with Crippen molar-refractivity contribution in [3.05, 3.63) is 68.1 Å². The van der Waals surface area contributed by atoms with Crippen molar-refractivity contribution >= 4 is 29.1 Å². The molecule has 0 amide bonds. The zero-order valence-corrected chi connectivity index (χ0v) is 12.1. The van der Waals surface area contributed by atoms with Crippen molar-refractivity contribution in [3.63, 3.8) is 0 Å². The molecule has 0 unspecified atom stereocenters. The van der Waals surface area contributed by atoms with Crippen LogP contribution in [0.1, 0.15) is 21.7 Å². The molecule has 0 radical (unpaired) electrons. The number of carbonyl (C=O) groups is 1. The Morgan fingerprint density at radius 1 is 1.45 bits per heavy atom. The lowest BCUT2D eigenvalue weighted by Crippen LogP contribution is -2.02. The standard InChI is InChI=1S/C15H9ClN2O4/c1-9-12(4-5-22-9)15(19)11(8-17)6-10-2-3-13(16)14(7-10)18(20)21/h2-7H,1H3/b11-6+. The van der Waals surface area contributed by atoms with Gasteiger partial charge in [-0.15, -0.1) is 0 Å². The number of benzene rings is 1. The highest BCUT2D eigenvalue weighted by Crippen LogP contribution is 2.26. The van der Waals surface area contributed by atoms with E-state index >= 15 is 0 Å². The summed E-state index contributed by atoms with van der Waals surface area (Å²) in [6, 6.07) is 7.29. The van der Waals surface area contributed by atoms with E-state index in [0.717, 1.165) is 0 Å². The predicted octanol–water partition coefficient (Wildman–Crippen LogP) is 3.94. The van der Waals surface area contributed by atoms with Crippen molar-refractivity contribution in [3.8, 4) is 6.07 Å². The van der Waals surface area contributed by atoms with Crippen LogP contribution < -0.4 is 0 Å². The van der Waals surface area contributed by atoms with E-state index in [2.05, 4.69) is 0 Å². The Kier molecular flexibility index (Phi) is 4.39. The lowest BCUT2D eigenvalue weighted by Gasteiger charge is -2.00. The lowest BCUT2D eigenvalue weighted by molar-refractivity contribution is -0.384. The third-order valence-corrected chi connectivity index (χ3v) is 3.27. The summed E-state index contributed by atoms with van der Waals surface area (Å²) in [6.45, 7) is 1.61. The second kappa shape index (κ2) is 6.24. The van der Waals surface area contributed by atoms with Gasteiger partial charge >= 0.3 is 0 Å². The van der Waals surface area contributed by atoms with Crippen molar-refractivity contribution in [2.45, 2.75) is 6.92 Å². The zero-order valence-electron chi connectivity index (χ0n) is 11.4. The van der Waals surface area contributed by atoms with E-state index in [-0.39, 0.29) is 21.8 Å². The molecule has 0 aliphatic carbocycles. The summed E-state index contributed by atoms with van der Waals surface area (Å²) >= 11 is 5.72. The van der Waals surface area contributed by atoms with Crippen LogP contribution >= 0.6 is 11.6 Å². The Balaban J connectivity index is 2.44. The van der Waals surface area contributed by atoms with Crippen LogP contribution in [0, 0.1) is 28.4 Å². The zero-order chi connectivity index (χ0) is 16.3. The van der Waals surface area contributed by atoms with Crippen LogP contribution in [0.5, 0.6) is 0 Å². The van der Waals surface area contributed by atoms with Crippen molar-refractivity contribution in [2.24, 2.45) is 0 Å². The van der Waals surface area contributed by atoms with Crippen molar-refractivity contribution < 1.29 is 14.1 Å². The van der Waals surface area contributed by atoms with E-state index in [1.165, 1.54) is 36.6 Å². The van der Waals surface area contributed by atoms with Gasteiger partial charge in [-0.05, 0) is 30.7 Å². The summed E-state index contributed by atoms with van der Waals surface area (Å²) in [7, 11) is 0. The van der Waals surface area contributed by atoms with Crippen molar-refractivity contribution in [1.82, 2.24) is 0 Å². The van der Waals surface area contributed by atoms with E-state index in [0.29, 0.717) is 11.3 Å². The van der Waals surface area contributed by atoms with Crippen LogP contribution in [-0.2, 0) is 0 Å². The van der Waals surface area contributed by atoms with Crippen LogP contribution in [0.25, 0.3) is 6.08 Å². The molecule has 0 bridgehead atoms.